The van der Waals surface area contributed by atoms with Gasteiger partial charge in [0.05, 0.1) is 23.2 Å². The lowest BCUT2D eigenvalue weighted by Gasteiger charge is -2.14. The highest BCUT2D eigenvalue weighted by atomic mass is 35.5. The van der Waals surface area contributed by atoms with Crippen molar-refractivity contribution in [3.8, 4) is 11.6 Å². The number of fused-ring (bicyclic) bond motifs is 1. The molecule has 0 bridgehead atoms. The molecule has 4 rings (SSSR count). The molecule has 9 heteroatoms. The molecule has 0 aliphatic carbocycles. The summed E-state index contributed by atoms with van der Waals surface area (Å²) < 4.78 is 5.48. The first kappa shape index (κ1) is 20.6. The van der Waals surface area contributed by atoms with E-state index in [1.165, 1.54) is 5.56 Å². The van der Waals surface area contributed by atoms with E-state index >= 15 is 0 Å². The van der Waals surface area contributed by atoms with Crippen molar-refractivity contribution in [1.82, 2.24) is 20.3 Å². The molecule has 26 heavy (non-hydrogen) atoms. The van der Waals surface area contributed by atoms with Crippen LogP contribution in [-0.2, 0) is 19.3 Å². The Bertz CT molecular complexity index is 796. The molecule has 0 amide bonds. The summed E-state index contributed by atoms with van der Waals surface area (Å²) in [7, 11) is 0. The first-order valence-electron chi connectivity index (χ1n) is 8.15. The van der Waals surface area contributed by atoms with Crippen LogP contribution in [0.5, 0.6) is 0 Å². The van der Waals surface area contributed by atoms with Gasteiger partial charge in [0.1, 0.15) is 5.82 Å². The second-order valence-corrected chi connectivity index (χ2v) is 6.42. The Morgan fingerprint density at radius 3 is 2.85 bits per heavy atom. The van der Waals surface area contributed by atoms with Crippen LogP contribution in [-0.4, -0.2) is 34.6 Å². The number of hydrogen-bond acceptors (Lipinski definition) is 7. The molecule has 0 atom stereocenters. The summed E-state index contributed by atoms with van der Waals surface area (Å²) in [5.74, 6) is 2.28. The number of nitrogens with zero attached hydrogens (tertiary/aromatic N) is 3. The molecule has 3 aromatic heterocycles. The van der Waals surface area contributed by atoms with Gasteiger partial charge < -0.3 is 15.1 Å². The lowest BCUT2D eigenvalue weighted by atomic mass is 10.1. The smallest absolute Gasteiger partial charge is 0.197 e. The van der Waals surface area contributed by atoms with Gasteiger partial charge in [-0.3, -0.25) is 0 Å². The van der Waals surface area contributed by atoms with Crippen LogP contribution in [0.1, 0.15) is 17.0 Å². The first-order chi connectivity index (χ1) is 11.9. The van der Waals surface area contributed by atoms with Crippen molar-refractivity contribution in [3.05, 3.63) is 46.2 Å². The summed E-state index contributed by atoms with van der Waals surface area (Å²) in [4.78, 5) is 13.8. The van der Waals surface area contributed by atoms with Crippen molar-refractivity contribution in [1.29, 1.82) is 0 Å². The molecule has 1 aliphatic heterocycles. The minimum atomic E-state index is 0. The summed E-state index contributed by atoms with van der Waals surface area (Å²) in [5.41, 5.74) is 5.30. The third-order valence-electron chi connectivity index (χ3n) is 4.08. The maximum Gasteiger partial charge on any atom is 0.197 e. The molecule has 140 valence electrons. The zero-order chi connectivity index (χ0) is 16.2. The molecule has 4 heterocycles. The van der Waals surface area contributed by atoms with Gasteiger partial charge in [-0.05, 0) is 25.1 Å². The minimum absolute atomic E-state index is 0. The Balaban J connectivity index is 0.00000121. The zero-order valence-electron chi connectivity index (χ0n) is 14.1. The summed E-state index contributed by atoms with van der Waals surface area (Å²) in [5, 5.41) is 9.00. The fraction of sp³-hybridized carbons (Fsp3) is 0.353. The van der Waals surface area contributed by atoms with Crippen LogP contribution in [0.3, 0.4) is 0 Å². The molecule has 2 N–H and O–H groups in total. The van der Waals surface area contributed by atoms with Gasteiger partial charge in [0.25, 0.3) is 0 Å². The first-order valence-corrected chi connectivity index (χ1v) is 9.10. The van der Waals surface area contributed by atoms with Gasteiger partial charge in [-0.2, -0.15) is 0 Å². The normalized spacial score (nSPS) is 13.1. The van der Waals surface area contributed by atoms with Crippen molar-refractivity contribution in [3.63, 3.8) is 0 Å². The quantitative estimate of drug-likeness (QED) is 0.667. The molecule has 0 fully saturated rings. The number of hydrogen-bond donors (Lipinski definition) is 2. The summed E-state index contributed by atoms with van der Waals surface area (Å²) in [6.07, 6.45) is 4.39. The van der Waals surface area contributed by atoms with E-state index in [1.54, 1.807) is 17.6 Å². The van der Waals surface area contributed by atoms with E-state index in [0.717, 1.165) is 56.1 Å². The third-order valence-corrected chi connectivity index (χ3v) is 4.72. The Hall–Kier alpha value is -1.67. The Morgan fingerprint density at radius 2 is 2.08 bits per heavy atom. The standard InChI is InChI=1S/C17H19N5OS.2ClH/c1-2-15(23-9-1)17-21-14-5-7-18-6-4-13(14)16(22-17)19-8-3-12-10-24-11-20-12;;/h1-2,9-11,18H,3-8H2,(H,19,21,22);2*1H. The maximum absolute atomic E-state index is 5.48. The molecule has 1 aliphatic rings. The topological polar surface area (TPSA) is 75.9 Å². The summed E-state index contributed by atoms with van der Waals surface area (Å²) >= 11 is 1.63. The van der Waals surface area contributed by atoms with Crippen molar-refractivity contribution < 1.29 is 4.42 Å². The maximum atomic E-state index is 5.48. The van der Waals surface area contributed by atoms with Crippen LogP contribution in [0, 0.1) is 0 Å². The van der Waals surface area contributed by atoms with Crippen molar-refractivity contribution in [2.75, 3.05) is 25.0 Å². The van der Waals surface area contributed by atoms with Gasteiger partial charge >= 0.3 is 0 Å². The number of nitrogens with one attached hydrogen (secondary N) is 2. The molecule has 0 spiro atoms. The van der Waals surface area contributed by atoms with Gasteiger partial charge in [-0.1, -0.05) is 0 Å². The van der Waals surface area contributed by atoms with Gasteiger partial charge in [0, 0.05) is 36.9 Å². The molecule has 0 radical (unpaired) electrons. The largest absolute Gasteiger partial charge is 0.461 e. The van der Waals surface area contributed by atoms with Gasteiger partial charge in [0.15, 0.2) is 11.6 Å². The van der Waals surface area contributed by atoms with Crippen molar-refractivity contribution in [2.24, 2.45) is 0 Å². The minimum Gasteiger partial charge on any atom is -0.461 e. The monoisotopic (exact) mass is 413 g/mol. The number of thiazole rings is 1. The Labute approximate surface area is 168 Å². The van der Waals surface area contributed by atoms with Crippen LogP contribution in [0.15, 0.2) is 33.7 Å². The lowest BCUT2D eigenvalue weighted by molar-refractivity contribution is 0.576. The highest BCUT2D eigenvalue weighted by Gasteiger charge is 2.18. The number of halogens is 2. The number of anilines is 1. The molecular weight excluding hydrogens is 393 g/mol. The molecule has 0 saturated heterocycles. The molecule has 6 nitrogen and oxygen atoms in total. The Morgan fingerprint density at radius 1 is 1.19 bits per heavy atom. The average Bonchev–Trinajstić information content (AvgIpc) is 3.25. The Kier molecular flexibility index (Phi) is 7.84. The molecule has 3 aromatic rings. The third kappa shape index (κ3) is 4.73. The van der Waals surface area contributed by atoms with Gasteiger partial charge in [-0.15, -0.1) is 36.2 Å². The van der Waals surface area contributed by atoms with E-state index in [1.807, 2.05) is 17.6 Å². The van der Waals surface area contributed by atoms with E-state index in [0.29, 0.717) is 11.6 Å². The lowest BCUT2D eigenvalue weighted by Crippen LogP contribution is -2.16. The molecular formula is C17H21Cl2N5OS. The predicted octanol–water partition coefficient (Wildman–Crippen LogP) is 3.38. The molecule has 0 unspecified atom stereocenters. The summed E-state index contributed by atoms with van der Waals surface area (Å²) in [6, 6.07) is 3.76. The van der Waals surface area contributed by atoms with E-state index in [2.05, 4.69) is 21.0 Å². The molecule has 0 aromatic carbocycles. The number of furan rings is 1. The highest BCUT2D eigenvalue weighted by Crippen LogP contribution is 2.24. The van der Waals surface area contributed by atoms with Crippen LogP contribution in [0.25, 0.3) is 11.6 Å². The number of rotatable bonds is 5. The van der Waals surface area contributed by atoms with Crippen LogP contribution in [0.2, 0.25) is 0 Å². The fourth-order valence-electron chi connectivity index (χ4n) is 2.88. The van der Waals surface area contributed by atoms with Gasteiger partial charge in [-0.25, -0.2) is 15.0 Å². The molecule has 0 saturated carbocycles. The second kappa shape index (κ2) is 9.87. The predicted molar refractivity (Wildman–Crippen MR) is 109 cm³/mol. The van der Waals surface area contributed by atoms with E-state index in [-0.39, 0.29) is 24.8 Å². The van der Waals surface area contributed by atoms with Crippen molar-refractivity contribution >= 4 is 42.0 Å². The fourth-order valence-corrected chi connectivity index (χ4v) is 3.47. The zero-order valence-corrected chi connectivity index (χ0v) is 16.6. The average molecular weight is 414 g/mol. The van der Waals surface area contributed by atoms with E-state index in [4.69, 9.17) is 14.4 Å². The number of aromatic nitrogens is 3. The van der Waals surface area contributed by atoms with Crippen molar-refractivity contribution in [2.45, 2.75) is 19.3 Å². The second-order valence-electron chi connectivity index (χ2n) is 5.70. The van der Waals surface area contributed by atoms with Gasteiger partial charge in [0.2, 0.25) is 0 Å². The highest BCUT2D eigenvalue weighted by molar-refractivity contribution is 7.07. The van der Waals surface area contributed by atoms with Crippen LogP contribution < -0.4 is 10.6 Å². The van der Waals surface area contributed by atoms with E-state index < -0.39 is 0 Å². The van der Waals surface area contributed by atoms with Crippen LogP contribution in [0.4, 0.5) is 5.82 Å². The van der Waals surface area contributed by atoms with E-state index in [9.17, 15) is 0 Å². The summed E-state index contributed by atoms with van der Waals surface area (Å²) in [6.45, 7) is 2.70. The van der Waals surface area contributed by atoms with Crippen LogP contribution >= 0.6 is 36.2 Å². The SMILES string of the molecule is Cl.Cl.c1coc(-c2nc3c(c(NCCc4cscn4)n2)CCNCC3)c1.